The molecule has 0 spiro atoms. The molecule has 0 radical (unpaired) electrons. The second-order valence-electron chi connectivity index (χ2n) is 3.89. The van der Waals surface area contributed by atoms with Crippen molar-refractivity contribution in [1.82, 2.24) is 4.57 Å². The van der Waals surface area contributed by atoms with Crippen molar-refractivity contribution in [2.75, 3.05) is 0 Å². The van der Waals surface area contributed by atoms with Crippen molar-refractivity contribution < 1.29 is 13.2 Å². The van der Waals surface area contributed by atoms with Crippen molar-refractivity contribution in [3.8, 4) is 0 Å². The van der Waals surface area contributed by atoms with Gasteiger partial charge in [0.25, 0.3) is 5.56 Å². The quantitative estimate of drug-likeness (QED) is 0.745. The van der Waals surface area contributed by atoms with Crippen molar-refractivity contribution in [1.29, 1.82) is 0 Å². The van der Waals surface area contributed by atoms with Gasteiger partial charge >= 0.3 is 6.18 Å². The lowest BCUT2D eigenvalue weighted by Gasteiger charge is -2.10. The van der Waals surface area contributed by atoms with Gasteiger partial charge in [0.15, 0.2) is 0 Å². The number of halogens is 4. The lowest BCUT2D eigenvalue weighted by molar-refractivity contribution is -0.136. The Labute approximate surface area is 115 Å². The highest BCUT2D eigenvalue weighted by Gasteiger charge is 2.26. The molecule has 2 nitrogen and oxygen atoms in total. The molecule has 0 atom stereocenters. The highest BCUT2D eigenvalue weighted by molar-refractivity contribution is 14.1. The molecule has 1 aromatic heterocycles. The summed E-state index contributed by atoms with van der Waals surface area (Å²) in [6.45, 7) is -0.344. The molecule has 1 heterocycles. The average molecular weight is 367 g/mol. The molecule has 0 aliphatic heterocycles. The second kappa shape index (κ2) is 4.91. The van der Waals surface area contributed by atoms with Crippen molar-refractivity contribution in [2.24, 2.45) is 0 Å². The maximum absolute atomic E-state index is 12.2. The summed E-state index contributed by atoms with van der Waals surface area (Å²) in [5, 5.41) is 1.22. The molecule has 0 aliphatic rings. The second-order valence-corrected chi connectivity index (χ2v) is 5.05. The first-order chi connectivity index (χ1) is 8.38. The smallest absolute Gasteiger partial charge is 0.314 e. The van der Waals surface area contributed by atoms with E-state index in [2.05, 4.69) is 0 Å². The Kier molecular flexibility index (Phi) is 3.65. The lowest BCUT2D eigenvalue weighted by Crippen LogP contribution is -2.23. The minimum atomic E-state index is -4.25. The molecule has 96 valence electrons. The SMILES string of the molecule is O=c1c2ccccc2c(I)cn1CCC(F)(F)F. The van der Waals surface area contributed by atoms with Crippen LogP contribution >= 0.6 is 22.6 Å². The fourth-order valence-electron chi connectivity index (χ4n) is 1.71. The fraction of sp³-hybridized carbons (Fsp3) is 0.250. The summed E-state index contributed by atoms with van der Waals surface area (Å²) in [6.07, 6.45) is -3.78. The number of pyridine rings is 1. The molecule has 0 bridgehead atoms. The third kappa shape index (κ3) is 2.85. The van der Waals surface area contributed by atoms with Crippen molar-refractivity contribution in [3.05, 3.63) is 44.4 Å². The third-order valence-corrected chi connectivity index (χ3v) is 3.44. The van der Waals surface area contributed by atoms with Gasteiger partial charge < -0.3 is 4.57 Å². The minimum absolute atomic E-state index is 0.344. The van der Waals surface area contributed by atoms with E-state index in [9.17, 15) is 18.0 Å². The molecule has 2 aromatic rings. The van der Waals surface area contributed by atoms with E-state index in [1.54, 1.807) is 24.3 Å². The summed E-state index contributed by atoms with van der Waals surface area (Å²) in [4.78, 5) is 12.0. The number of nitrogens with zero attached hydrogens (tertiary/aromatic N) is 1. The summed E-state index contributed by atoms with van der Waals surface area (Å²) >= 11 is 2.02. The van der Waals surface area contributed by atoms with Crippen LogP contribution in [0.15, 0.2) is 35.3 Å². The molecule has 0 N–H and O–H groups in total. The van der Waals surface area contributed by atoms with Gasteiger partial charge in [-0.1, -0.05) is 18.2 Å². The van der Waals surface area contributed by atoms with Crippen LogP contribution in [0.1, 0.15) is 6.42 Å². The van der Waals surface area contributed by atoms with Crippen molar-refractivity contribution >= 4 is 33.4 Å². The van der Waals surface area contributed by atoms with E-state index in [4.69, 9.17) is 0 Å². The maximum atomic E-state index is 12.2. The molecule has 18 heavy (non-hydrogen) atoms. The molecule has 6 heteroatoms. The van der Waals surface area contributed by atoms with Crippen LogP contribution in [-0.4, -0.2) is 10.7 Å². The van der Waals surface area contributed by atoms with Crippen LogP contribution < -0.4 is 5.56 Å². The van der Waals surface area contributed by atoms with Crippen LogP contribution in [0.3, 0.4) is 0 Å². The summed E-state index contributed by atoms with van der Waals surface area (Å²) in [5.74, 6) is 0. The van der Waals surface area contributed by atoms with Gasteiger partial charge in [-0.05, 0) is 28.7 Å². The predicted molar refractivity (Wildman–Crippen MR) is 71.6 cm³/mol. The zero-order chi connectivity index (χ0) is 13.3. The largest absolute Gasteiger partial charge is 0.390 e. The van der Waals surface area contributed by atoms with E-state index in [1.807, 2.05) is 22.6 Å². The van der Waals surface area contributed by atoms with E-state index in [0.29, 0.717) is 5.39 Å². The van der Waals surface area contributed by atoms with Gasteiger partial charge in [0.1, 0.15) is 0 Å². The van der Waals surface area contributed by atoms with Gasteiger partial charge in [-0.25, -0.2) is 0 Å². The van der Waals surface area contributed by atoms with Gasteiger partial charge in [-0.3, -0.25) is 4.79 Å². The molecule has 0 saturated carbocycles. The number of aryl methyl sites for hydroxylation is 1. The average Bonchev–Trinajstić information content (AvgIpc) is 2.31. The summed E-state index contributed by atoms with van der Waals surface area (Å²) in [6, 6.07) is 6.91. The zero-order valence-electron chi connectivity index (χ0n) is 9.17. The maximum Gasteiger partial charge on any atom is 0.390 e. The van der Waals surface area contributed by atoms with Crippen LogP contribution in [-0.2, 0) is 6.54 Å². The number of fused-ring (bicyclic) bond motifs is 1. The normalized spacial score (nSPS) is 12.0. The van der Waals surface area contributed by atoms with Crippen LogP contribution in [0.4, 0.5) is 13.2 Å². The third-order valence-electron chi connectivity index (χ3n) is 2.58. The van der Waals surface area contributed by atoms with Gasteiger partial charge in [-0.2, -0.15) is 13.2 Å². The molecule has 0 unspecified atom stereocenters. The van der Waals surface area contributed by atoms with Gasteiger partial charge in [0.2, 0.25) is 0 Å². The topological polar surface area (TPSA) is 22.0 Å². The van der Waals surface area contributed by atoms with Crippen molar-refractivity contribution in [2.45, 2.75) is 19.1 Å². The Balaban J connectivity index is 2.47. The van der Waals surface area contributed by atoms with E-state index >= 15 is 0 Å². The van der Waals surface area contributed by atoms with E-state index in [0.717, 1.165) is 13.5 Å². The Morgan fingerprint density at radius 2 is 1.78 bits per heavy atom. The number of aromatic nitrogens is 1. The lowest BCUT2D eigenvalue weighted by atomic mass is 10.2. The Hall–Kier alpha value is -1.05. The van der Waals surface area contributed by atoms with Crippen LogP contribution in [0.2, 0.25) is 0 Å². The highest BCUT2D eigenvalue weighted by Crippen LogP contribution is 2.21. The van der Waals surface area contributed by atoms with E-state index in [-0.39, 0.29) is 12.1 Å². The van der Waals surface area contributed by atoms with Crippen LogP contribution in [0.25, 0.3) is 10.8 Å². The van der Waals surface area contributed by atoms with Gasteiger partial charge in [-0.15, -0.1) is 0 Å². The number of hydrogen-bond acceptors (Lipinski definition) is 1. The molecule has 0 saturated heterocycles. The van der Waals surface area contributed by atoms with E-state index < -0.39 is 12.6 Å². The minimum Gasteiger partial charge on any atom is -0.314 e. The van der Waals surface area contributed by atoms with Gasteiger partial charge in [0.05, 0.1) is 6.42 Å². The monoisotopic (exact) mass is 367 g/mol. The van der Waals surface area contributed by atoms with Crippen LogP contribution in [0, 0.1) is 3.57 Å². The molecular weight excluding hydrogens is 358 g/mol. The summed E-state index contributed by atoms with van der Waals surface area (Å²) in [5.41, 5.74) is -0.379. The molecule has 0 aliphatic carbocycles. The first-order valence-electron chi connectivity index (χ1n) is 5.23. The molecular formula is C12H9F3INO. The summed E-state index contributed by atoms with van der Waals surface area (Å²) in [7, 11) is 0. The summed E-state index contributed by atoms with van der Waals surface area (Å²) < 4.78 is 38.4. The van der Waals surface area contributed by atoms with Crippen LogP contribution in [0.5, 0.6) is 0 Å². The molecule has 1 aromatic carbocycles. The first kappa shape index (κ1) is 13.4. The Morgan fingerprint density at radius 1 is 1.17 bits per heavy atom. The zero-order valence-corrected chi connectivity index (χ0v) is 11.3. The Bertz CT molecular complexity index is 633. The van der Waals surface area contributed by atoms with Crippen molar-refractivity contribution in [3.63, 3.8) is 0 Å². The van der Waals surface area contributed by atoms with Gasteiger partial charge in [0, 0.05) is 27.1 Å². The number of alkyl halides is 3. The molecule has 0 amide bonds. The fourth-order valence-corrected chi connectivity index (χ4v) is 2.52. The first-order valence-corrected chi connectivity index (χ1v) is 6.31. The standard InChI is InChI=1S/C12H9F3INO/c13-12(14,15)5-6-17-7-10(16)8-3-1-2-4-9(8)11(17)18/h1-4,7H,5-6H2. The molecule has 2 rings (SSSR count). The number of rotatable bonds is 2. The number of hydrogen-bond donors (Lipinski definition) is 0. The Morgan fingerprint density at radius 3 is 2.39 bits per heavy atom. The van der Waals surface area contributed by atoms with E-state index in [1.165, 1.54) is 6.20 Å². The molecule has 0 fully saturated rings. The number of benzene rings is 1. The predicted octanol–water partition coefficient (Wildman–Crippen LogP) is 3.56. The highest BCUT2D eigenvalue weighted by atomic mass is 127.